The summed E-state index contributed by atoms with van der Waals surface area (Å²) in [6.07, 6.45) is 1.45. The number of halogens is 1. The molecule has 2 rings (SSSR count). The molecule has 0 saturated carbocycles. The lowest BCUT2D eigenvalue weighted by Gasteiger charge is -1.89. The molecule has 11 heavy (non-hydrogen) atoms. The van der Waals surface area contributed by atoms with E-state index >= 15 is 0 Å². The minimum absolute atomic E-state index is 0.205. The lowest BCUT2D eigenvalue weighted by Crippen LogP contribution is -1.81. The number of rotatable bonds is 0. The summed E-state index contributed by atoms with van der Waals surface area (Å²) in [4.78, 5) is 8.60. The molecule has 56 valence electrons. The quantitative estimate of drug-likeness (QED) is 0.602. The number of nitrogens with zero attached hydrogens (tertiary/aromatic N) is 2. The topological polar surface area (TPSA) is 25.8 Å². The highest BCUT2D eigenvalue weighted by Gasteiger charge is 2.03. The van der Waals surface area contributed by atoms with E-state index in [-0.39, 0.29) is 5.13 Å². The molecule has 0 saturated heterocycles. The van der Waals surface area contributed by atoms with Gasteiger partial charge in [0.2, 0.25) is 0 Å². The van der Waals surface area contributed by atoms with Crippen LogP contribution in [0.5, 0.6) is 0 Å². The zero-order chi connectivity index (χ0) is 7.84. The fraction of sp³-hybridized carbons (Fsp3) is 0.143. The maximum atomic E-state index is 12.7. The maximum Gasteiger partial charge on any atom is 0.179 e. The van der Waals surface area contributed by atoms with Crippen LogP contribution in [-0.4, -0.2) is 9.97 Å². The predicted molar refractivity (Wildman–Crippen MR) is 42.1 cm³/mol. The van der Waals surface area contributed by atoms with Gasteiger partial charge in [-0.3, -0.25) is 0 Å². The largest absolute Gasteiger partial charge is 0.241 e. The van der Waals surface area contributed by atoms with Gasteiger partial charge in [0.05, 0.1) is 0 Å². The third-order valence-corrected chi connectivity index (χ3v) is 2.33. The summed E-state index contributed by atoms with van der Waals surface area (Å²) in [5.41, 5.74) is 0.829. The Labute approximate surface area is 66.7 Å². The normalized spacial score (nSPS) is 10.7. The van der Waals surface area contributed by atoms with Crippen LogP contribution in [-0.2, 0) is 0 Å². The molecule has 0 bridgehead atoms. The molecule has 2 heterocycles. The first kappa shape index (κ1) is 6.67. The van der Waals surface area contributed by atoms with Crippen molar-refractivity contribution in [1.82, 2.24) is 9.97 Å². The van der Waals surface area contributed by atoms with Crippen molar-refractivity contribution >= 4 is 21.6 Å². The summed E-state index contributed by atoms with van der Waals surface area (Å²) in [7, 11) is 0. The van der Waals surface area contributed by atoms with Crippen LogP contribution in [0.15, 0.2) is 12.4 Å². The van der Waals surface area contributed by atoms with Gasteiger partial charge in [0.15, 0.2) is 5.13 Å². The fourth-order valence-corrected chi connectivity index (χ4v) is 1.72. The van der Waals surface area contributed by atoms with E-state index in [9.17, 15) is 4.39 Å². The van der Waals surface area contributed by atoms with Gasteiger partial charge in [-0.25, -0.2) is 9.97 Å². The minimum atomic E-state index is -0.205. The molecule has 0 aliphatic heterocycles. The van der Waals surface area contributed by atoms with E-state index in [1.165, 1.54) is 12.4 Å². The molecule has 2 aromatic rings. The van der Waals surface area contributed by atoms with Gasteiger partial charge in [0, 0.05) is 11.1 Å². The molecular weight excluding hydrogens is 163 g/mol. The third-order valence-electron chi connectivity index (χ3n) is 1.50. The van der Waals surface area contributed by atoms with Crippen LogP contribution in [0.3, 0.4) is 0 Å². The summed E-state index contributed by atoms with van der Waals surface area (Å²) in [5.74, 6) is 0. The van der Waals surface area contributed by atoms with Crippen molar-refractivity contribution in [2.24, 2.45) is 0 Å². The van der Waals surface area contributed by atoms with Crippen molar-refractivity contribution in [2.45, 2.75) is 6.92 Å². The predicted octanol–water partition coefficient (Wildman–Crippen LogP) is 2.14. The lowest BCUT2D eigenvalue weighted by atomic mass is 10.3. The zero-order valence-corrected chi connectivity index (χ0v) is 6.65. The first-order chi connectivity index (χ1) is 5.27. The molecule has 0 spiro atoms. The molecule has 0 atom stereocenters. The average Bonchev–Trinajstić information content (AvgIpc) is 2.31. The van der Waals surface area contributed by atoms with Gasteiger partial charge in [-0.15, -0.1) is 0 Å². The van der Waals surface area contributed by atoms with Crippen LogP contribution in [0.2, 0.25) is 0 Å². The molecule has 4 heteroatoms. The summed E-state index contributed by atoms with van der Waals surface area (Å²) in [6.45, 7) is 1.84. The SMILES string of the molecule is Cc1ncnc2sc(F)cc12. The summed E-state index contributed by atoms with van der Waals surface area (Å²) in [6, 6.07) is 1.47. The Morgan fingerprint density at radius 1 is 1.45 bits per heavy atom. The molecule has 2 nitrogen and oxygen atoms in total. The second-order valence-electron chi connectivity index (χ2n) is 2.23. The Morgan fingerprint density at radius 3 is 3.00 bits per heavy atom. The van der Waals surface area contributed by atoms with Crippen molar-refractivity contribution in [3.05, 3.63) is 23.2 Å². The zero-order valence-electron chi connectivity index (χ0n) is 5.84. The van der Waals surface area contributed by atoms with E-state index in [0.29, 0.717) is 0 Å². The van der Waals surface area contributed by atoms with E-state index in [2.05, 4.69) is 9.97 Å². The lowest BCUT2D eigenvalue weighted by molar-refractivity contribution is 0.658. The average molecular weight is 168 g/mol. The van der Waals surface area contributed by atoms with E-state index in [0.717, 1.165) is 27.2 Å². The van der Waals surface area contributed by atoms with E-state index in [1.54, 1.807) is 0 Å². The van der Waals surface area contributed by atoms with Crippen molar-refractivity contribution in [3.8, 4) is 0 Å². The van der Waals surface area contributed by atoms with E-state index < -0.39 is 0 Å². The van der Waals surface area contributed by atoms with Crippen LogP contribution >= 0.6 is 11.3 Å². The van der Waals surface area contributed by atoms with Gasteiger partial charge in [-0.1, -0.05) is 11.3 Å². The molecule has 0 aliphatic carbocycles. The van der Waals surface area contributed by atoms with Crippen LogP contribution in [0.4, 0.5) is 4.39 Å². The number of thiophene rings is 1. The number of aryl methyl sites for hydroxylation is 1. The number of hydrogen-bond donors (Lipinski definition) is 0. The molecule has 0 N–H and O–H groups in total. The molecule has 0 aromatic carbocycles. The second kappa shape index (κ2) is 2.23. The molecule has 0 radical (unpaired) electrons. The van der Waals surface area contributed by atoms with Gasteiger partial charge >= 0.3 is 0 Å². The summed E-state index contributed by atoms with van der Waals surface area (Å²) < 4.78 is 12.7. The van der Waals surface area contributed by atoms with Crippen molar-refractivity contribution < 1.29 is 4.39 Å². The first-order valence-electron chi connectivity index (χ1n) is 3.14. The smallest absolute Gasteiger partial charge is 0.179 e. The highest BCUT2D eigenvalue weighted by molar-refractivity contribution is 7.17. The molecule has 2 aromatic heterocycles. The number of hydrogen-bond acceptors (Lipinski definition) is 3. The van der Waals surface area contributed by atoms with E-state index in [1.807, 2.05) is 6.92 Å². The standard InChI is InChI=1S/C7H5FN2S/c1-4-5-2-6(8)11-7(5)10-3-9-4/h2-3H,1H3. The summed E-state index contributed by atoms with van der Waals surface area (Å²) >= 11 is 1.05. The fourth-order valence-electron chi connectivity index (χ4n) is 0.945. The molecule has 0 unspecified atom stereocenters. The summed E-state index contributed by atoms with van der Waals surface area (Å²) in [5, 5.41) is 0.610. The van der Waals surface area contributed by atoms with Crippen LogP contribution in [0.25, 0.3) is 10.2 Å². The van der Waals surface area contributed by atoms with Gasteiger partial charge in [-0.2, -0.15) is 4.39 Å². The first-order valence-corrected chi connectivity index (χ1v) is 3.95. The third kappa shape index (κ3) is 0.991. The Bertz CT molecular complexity index is 396. The van der Waals surface area contributed by atoms with Crippen molar-refractivity contribution in [1.29, 1.82) is 0 Å². The van der Waals surface area contributed by atoms with Crippen molar-refractivity contribution in [2.75, 3.05) is 0 Å². The highest BCUT2D eigenvalue weighted by Crippen LogP contribution is 2.22. The van der Waals surface area contributed by atoms with E-state index in [4.69, 9.17) is 0 Å². The van der Waals surface area contributed by atoms with Crippen molar-refractivity contribution in [3.63, 3.8) is 0 Å². The van der Waals surface area contributed by atoms with Gasteiger partial charge in [0.1, 0.15) is 11.2 Å². The van der Waals surface area contributed by atoms with Crippen LogP contribution in [0.1, 0.15) is 5.69 Å². The molecule has 0 fully saturated rings. The molecule has 0 aliphatic rings. The Hall–Kier alpha value is -1.03. The number of fused-ring (bicyclic) bond motifs is 1. The van der Waals surface area contributed by atoms with Crippen LogP contribution < -0.4 is 0 Å². The Kier molecular flexibility index (Phi) is 1.35. The Balaban J connectivity index is 2.90. The molecule has 0 amide bonds. The van der Waals surface area contributed by atoms with Gasteiger partial charge < -0.3 is 0 Å². The van der Waals surface area contributed by atoms with Gasteiger partial charge in [0.25, 0.3) is 0 Å². The monoisotopic (exact) mass is 168 g/mol. The maximum absolute atomic E-state index is 12.7. The van der Waals surface area contributed by atoms with Crippen LogP contribution in [0, 0.1) is 12.1 Å². The molecular formula is C7H5FN2S. The Morgan fingerprint density at radius 2 is 2.27 bits per heavy atom. The minimum Gasteiger partial charge on any atom is -0.241 e. The van der Waals surface area contributed by atoms with Gasteiger partial charge in [-0.05, 0) is 13.0 Å². The second-order valence-corrected chi connectivity index (χ2v) is 3.21. The number of aromatic nitrogens is 2. The highest BCUT2D eigenvalue weighted by atomic mass is 32.1.